The molecule has 1 saturated carbocycles. The first-order valence-electron chi connectivity index (χ1n) is 14.0. The molecule has 5 rings (SSSR count). The maximum absolute atomic E-state index is 12.8. The molecule has 0 radical (unpaired) electrons. The fourth-order valence-corrected chi connectivity index (χ4v) is 6.52. The molecule has 0 unspecified atom stereocenters. The lowest BCUT2D eigenvalue weighted by molar-refractivity contribution is 0.0986. The molecule has 0 amide bonds. The SMILES string of the molecule is Cc1cccc(CCC(=O)c2ccc(-c3ccnc(Nc4cccc(CC5CCC(CCO)CC5)c4)n3)s2)c1. The standard InChI is InChI=1S/C33H37N3O2S/c1-23-4-2-5-25(20-23)12-13-30(38)32-15-14-31(39-32)29-16-18-34-33(36-29)35-28-7-3-6-27(22-28)21-26-10-8-24(9-11-26)17-19-37/h2-7,14-16,18,20,22,24,26,37H,8-13,17,19,21H2,1H3,(H,34,35,36). The molecule has 1 fully saturated rings. The fourth-order valence-electron chi connectivity index (χ4n) is 5.58. The van der Waals surface area contributed by atoms with Gasteiger partial charge < -0.3 is 10.4 Å². The number of aliphatic hydroxyl groups excluding tert-OH is 1. The van der Waals surface area contributed by atoms with E-state index in [9.17, 15) is 9.90 Å². The van der Waals surface area contributed by atoms with E-state index in [1.807, 2.05) is 30.3 Å². The largest absolute Gasteiger partial charge is 0.396 e. The number of carbonyl (C=O) groups excluding carboxylic acids is 1. The Labute approximate surface area is 235 Å². The van der Waals surface area contributed by atoms with Crippen molar-refractivity contribution in [3.8, 4) is 10.6 Å². The van der Waals surface area contributed by atoms with Gasteiger partial charge in [-0.2, -0.15) is 0 Å². The van der Waals surface area contributed by atoms with Crippen LogP contribution in [0.1, 0.15) is 64.9 Å². The van der Waals surface area contributed by atoms with Crippen molar-refractivity contribution in [3.63, 3.8) is 0 Å². The van der Waals surface area contributed by atoms with Gasteiger partial charge in [0, 0.05) is 24.9 Å². The summed E-state index contributed by atoms with van der Waals surface area (Å²) in [5.41, 5.74) is 5.54. The van der Waals surface area contributed by atoms with E-state index < -0.39 is 0 Å². The zero-order valence-corrected chi connectivity index (χ0v) is 23.4. The molecule has 1 aliphatic carbocycles. The van der Waals surface area contributed by atoms with Crippen molar-refractivity contribution in [1.82, 2.24) is 9.97 Å². The second-order valence-corrected chi connectivity index (χ2v) is 11.9. The summed E-state index contributed by atoms with van der Waals surface area (Å²) in [6, 6.07) is 22.7. The summed E-state index contributed by atoms with van der Waals surface area (Å²) in [4.78, 5) is 23.7. The van der Waals surface area contributed by atoms with E-state index in [4.69, 9.17) is 4.98 Å². The van der Waals surface area contributed by atoms with Gasteiger partial charge >= 0.3 is 0 Å². The van der Waals surface area contributed by atoms with Crippen molar-refractivity contribution in [1.29, 1.82) is 0 Å². The van der Waals surface area contributed by atoms with Crippen molar-refractivity contribution in [3.05, 3.63) is 94.5 Å². The Bertz CT molecular complexity index is 1390. The highest BCUT2D eigenvalue weighted by Gasteiger charge is 2.21. The average molecular weight is 540 g/mol. The highest BCUT2D eigenvalue weighted by atomic mass is 32.1. The van der Waals surface area contributed by atoms with Crippen molar-refractivity contribution in [2.45, 2.75) is 58.3 Å². The summed E-state index contributed by atoms with van der Waals surface area (Å²) < 4.78 is 0. The first-order chi connectivity index (χ1) is 19.1. The average Bonchev–Trinajstić information content (AvgIpc) is 3.44. The zero-order chi connectivity index (χ0) is 27.0. The van der Waals surface area contributed by atoms with Crippen molar-refractivity contribution < 1.29 is 9.90 Å². The second-order valence-electron chi connectivity index (χ2n) is 10.8. The number of ketones is 1. The number of aromatic nitrogens is 2. The summed E-state index contributed by atoms with van der Waals surface area (Å²) in [7, 11) is 0. The van der Waals surface area contributed by atoms with Crippen LogP contribution in [0.4, 0.5) is 11.6 Å². The molecule has 2 aromatic heterocycles. The highest BCUT2D eigenvalue weighted by molar-refractivity contribution is 7.17. The van der Waals surface area contributed by atoms with E-state index in [1.165, 1.54) is 53.7 Å². The third kappa shape index (κ3) is 7.61. The number of hydrogen-bond donors (Lipinski definition) is 2. The molecule has 202 valence electrons. The predicted octanol–water partition coefficient (Wildman–Crippen LogP) is 7.80. The number of benzene rings is 2. The van der Waals surface area contributed by atoms with Gasteiger partial charge in [0.25, 0.3) is 0 Å². The molecule has 0 saturated heterocycles. The molecule has 4 aromatic rings. The first kappa shape index (κ1) is 27.2. The molecule has 0 spiro atoms. The second kappa shape index (κ2) is 13.1. The van der Waals surface area contributed by atoms with Crippen LogP contribution >= 0.6 is 11.3 Å². The number of thiophene rings is 1. The molecule has 5 nitrogen and oxygen atoms in total. The van der Waals surface area contributed by atoms with Gasteiger partial charge in [-0.3, -0.25) is 4.79 Å². The Morgan fingerprint density at radius 3 is 2.59 bits per heavy atom. The third-order valence-electron chi connectivity index (χ3n) is 7.72. The van der Waals surface area contributed by atoms with Crippen molar-refractivity contribution in [2.24, 2.45) is 11.8 Å². The number of nitrogens with zero attached hydrogens (tertiary/aromatic N) is 2. The van der Waals surface area contributed by atoms with E-state index in [-0.39, 0.29) is 5.78 Å². The van der Waals surface area contributed by atoms with E-state index in [1.54, 1.807) is 6.20 Å². The summed E-state index contributed by atoms with van der Waals surface area (Å²) in [5, 5.41) is 12.6. The molecular formula is C33H37N3O2S. The molecule has 2 N–H and O–H groups in total. The van der Waals surface area contributed by atoms with Gasteiger partial charge in [-0.25, -0.2) is 9.97 Å². The Kier molecular flexibility index (Phi) is 9.17. The maximum atomic E-state index is 12.8. The van der Waals surface area contributed by atoms with E-state index >= 15 is 0 Å². The number of hydrogen-bond acceptors (Lipinski definition) is 6. The van der Waals surface area contributed by atoms with Crippen LogP contribution in [-0.4, -0.2) is 27.5 Å². The minimum atomic E-state index is 0.166. The molecule has 0 bridgehead atoms. The van der Waals surface area contributed by atoms with Crippen LogP contribution in [0.3, 0.4) is 0 Å². The number of nitrogens with one attached hydrogen (secondary N) is 1. The number of Topliss-reactive ketones (excluding diaryl/α,β-unsaturated/α-hetero) is 1. The van der Waals surface area contributed by atoms with Gasteiger partial charge in [0.1, 0.15) is 0 Å². The minimum absolute atomic E-state index is 0.166. The molecule has 0 aliphatic heterocycles. The summed E-state index contributed by atoms with van der Waals surface area (Å²) in [6.07, 6.45) is 9.98. The number of aryl methyl sites for hydroxylation is 2. The van der Waals surface area contributed by atoms with Crippen molar-refractivity contribution in [2.75, 3.05) is 11.9 Å². The minimum Gasteiger partial charge on any atom is -0.396 e. The van der Waals surface area contributed by atoms with Gasteiger partial charge in [0.15, 0.2) is 5.78 Å². The van der Waals surface area contributed by atoms with Gasteiger partial charge in [0.2, 0.25) is 5.95 Å². The summed E-state index contributed by atoms with van der Waals surface area (Å²) >= 11 is 1.49. The fraction of sp³-hybridized carbons (Fsp3) is 0.364. The van der Waals surface area contributed by atoms with Crippen LogP contribution in [0.25, 0.3) is 10.6 Å². The topological polar surface area (TPSA) is 75.1 Å². The van der Waals surface area contributed by atoms with Gasteiger partial charge in [-0.15, -0.1) is 11.3 Å². The van der Waals surface area contributed by atoms with Crippen molar-refractivity contribution >= 4 is 28.8 Å². The lowest BCUT2D eigenvalue weighted by Gasteiger charge is -2.28. The van der Waals surface area contributed by atoms with Crippen LogP contribution in [0.15, 0.2) is 72.9 Å². The summed E-state index contributed by atoms with van der Waals surface area (Å²) in [6.45, 7) is 2.39. The lowest BCUT2D eigenvalue weighted by Crippen LogP contribution is -2.17. The number of anilines is 2. The van der Waals surface area contributed by atoms with Gasteiger partial charge in [-0.1, -0.05) is 54.8 Å². The molecule has 2 heterocycles. The Hall–Kier alpha value is -3.35. The van der Waals surface area contributed by atoms with Crippen LogP contribution in [0, 0.1) is 18.8 Å². The molecule has 6 heteroatoms. The normalized spacial score (nSPS) is 17.2. The molecule has 0 atom stereocenters. The van der Waals surface area contributed by atoms with E-state index in [2.05, 4.69) is 53.6 Å². The first-order valence-corrected chi connectivity index (χ1v) is 14.9. The van der Waals surface area contributed by atoms with E-state index in [0.717, 1.165) is 40.4 Å². The molecule has 2 aromatic carbocycles. The van der Waals surface area contributed by atoms with Crippen LogP contribution < -0.4 is 5.32 Å². The van der Waals surface area contributed by atoms with Crippen LogP contribution in [0.2, 0.25) is 0 Å². The quantitative estimate of drug-likeness (QED) is 0.190. The number of aliphatic hydroxyl groups is 1. The zero-order valence-electron chi connectivity index (χ0n) is 22.6. The monoisotopic (exact) mass is 539 g/mol. The molecule has 1 aliphatic rings. The number of rotatable bonds is 11. The van der Waals surface area contributed by atoms with E-state index in [0.29, 0.717) is 30.8 Å². The lowest BCUT2D eigenvalue weighted by atomic mass is 9.78. The van der Waals surface area contributed by atoms with Crippen LogP contribution in [-0.2, 0) is 12.8 Å². The smallest absolute Gasteiger partial charge is 0.227 e. The van der Waals surface area contributed by atoms with Gasteiger partial charge in [-0.05, 0) is 92.3 Å². The molecular weight excluding hydrogens is 502 g/mol. The Morgan fingerprint density at radius 1 is 0.974 bits per heavy atom. The molecule has 39 heavy (non-hydrogen) atoms. The Morgan fingerprint density at radius 2 is 1.77 bits per heavy atom. The summed E-state index contributed by atoms with van der Waals surface area (Å²) in [5.74, 6) is 2.12. The van der Waals surface area contributed by atoms with Crippen LogP contribution in [0.5, 0.6) is 0 Å². The predicted molar refractivity (Wildman–Crippen MR) is 160 cm³/mol. The maximum Gasteiger partial charge on any atom is 0.227 e. The van der Waals surface area contributed by atoms with Gasteiger partial charge in [0.05, 0.1) is 15.4 Å². The number of carbonyl (C=O) groups is 1. The Balaban J connectivity index is 1.19. The highest BCUT2D eigenvalue weighted by Crippen LogP contribution is 2.33. The third-order valence-corrected chi connectivity index (χ3v) is 8.87.